The summed E-state index contributed by atoms with van der Waals surface area (Å²) in [6.45, 7) is 9.38. The van der Waals surface area contributed by atoms with Crippen molar-refractivity contribution >= 4 is 5.91 Å². The molecule has 1 aromatic heterocycles. The average Bonchev–Trinajstić information content (AvgIpc) is 2.92. The fourth-order valence-corrected chi connectivity index (χ4v) is 4.13. The molecule has 128 valence electrons. The number of piperidine rings is 1. The molecule has 2 N–H and O–H groups in total. The molecule has 2 aliphatic rings. The van der Waals surface area contributed by atoms with Gasteiger partial charge in [-0.25, -0.2) is 0 Å². The Hall–Kier alpha value is -1.36. The van der Waals surface area contributed by atoms with Gasteiger partial charge in [-0.05, 0) is 45.4 Å². The van der Waals surface area contributed by atoms with Gasteiger partial charge < -0.3 is 10.6 Å². The van der Waals surface area contributed by atoms with Crippen LogP contribution in [0.3, 0.4) is 0 Å². The molecule has 1 aromatic rings. The van der Waals surface area contributed by atoms with Crippen LogP contribution in [-0.2, 0) is 17.8 Å². The molecule has 2 fully saturated rings. The Morgan fingerprint density at radius 3 is 2.57 bits per heavy atom. The smallest absolute Gasteiger partial charge is 0.224 e. The maximum Gasteiger partial charge on any atom is 0.224 e. The molecule has 0 saturated carbocycles. The third-order valence-corrected chi connectivity index (χ3v) is 5.24. The first-order chi connectivity index (χ1) is 10.9. The van der Waals surface area contributed by atoms with Gasteiger partial charge >= 0.3 is 0 Å². The van der Waals surface area contributed by atoms with E-state index in [0.717, 1.165) is 36.3 Å². The summed E-state index contributed by atoms with van der Waals surface area (Å²) in [6.07, 6.45) is 5.13. The third-order valence-electron chi connectivity index (χ3n) is 5.24. The number of nitrogens with zero attached hydrogens (tertiary/aromatic N) is 2. The van der Waals surface area contributed by atoms with Crippen molar-refractivity contribution in [3.05, 3.63) is 17.0 Å². The summed E-state index contributed by atoms with van der Waals surface area (Å²) in [5.41, 5.74) is 3.22. The Morgan fingerprint density at radius 1 is 1.30 bits per heavy atom. The van der Waals surface area contributed by atoms with Crippen molar-refractivity contribution in [3.8, 4) is 0 Å². The lowest BCUT2D eigenvalue weighted by Gasteiger charge is -2.29. The minimum atomic E-state index is 0.145. The molecule has 0 aliphatic carbocycles. The highest BCUT2D eigenvalue weighted by atomic mass is 16.1. The number of hydrogen-bond acceptors (Lipinski definition) is 3. The number of carbonyl (C=O) groups is 1. The minimum absolute atomic E-state index is 0.145. The Labute approximate surface area is 139 Å². The van der Waals surface area contributed by atoms with E-state index in [2.05, 4.69) is 36.5 Å². The van der Waals surface area contributed by atoms with Crippen LogP contribution in [0, 0.1) is 19.8 Å². The van der Waals surface area contributed by atoms with E-state index in [1.165, 1.54) is 12.8 Å². The zero-order valence-electron chi connectivity index (χ0n) is 14.9. The Balaban J connectivity index is 1.60. The van der Waals surface area contributed by atoms with Crippen molar-refractivity contribution in [1.29, 1.82) is 0 Å². The van der Waals surface area contributed by atoms with Gasteiger partial charge in [-0.2, -0.15) is 5.10 Å². The molecule has 5 heteroatoms. The predicted octanol–water partition coefficient (Wildman–Crippen LogP) is 2.10. The lowest BCUT2D eigenvalue weighted by atomic mass is 9.99. The summed E-state index contributed by atoms with van der Waals surface area (Å²) in [6, 6.07) is 1.56. The fourth-order valence-electron chi connectivity index (χ4n) is 4.13. The van der Waals surface area contributed by atoms with Gasteiger partial charge in [0.05, 0.1) is 12.1 Å². The molecular weight excluding hydrogens is 288 g/mol. The largest absolute Gasteiger partial charge is 0.353 e. The second-order valence-corrected chi connectivity index (χ2v) is 7.78. The van der Waals surface area contributed by atoms with E-state index in [-0.39, 0.29) is 5.91 Å². The summed E-state index contributed by atoms with van der Waals surface area (Å²) in [4.78, 5) is 12.5. The first kappa shape index (κ1) is 16.5. The molecule has 1 amide bonds. The van der Waals surface area contributed by atoms with Gasteiger partial charge in [-0.15, -0.1) is 0 Å². The number of aromatic nitrogens is 2. The maximum atomic E-state index is 12.5. The zero-order chi connectivity index (χ0) is 16.6. The summed E-state index contributed by atoms with van der Waals surface area (Å²) < 4.78 is 2.05. The van der Waals surface area contributed by atoms with E-state index in [9.17, 15) is 4.79 Å². The Kier molecular flexibility index (Phi) is 4.76. The molecule has 2 saturated heterocycles. The van der Waals surface area contributed by atoms with Gasteiger partial charge in [-0.1, -0.05) is 13.8 Å². The van der Waals surface area contributed by atoms with Crippen molar-refractivity contribution in [2.45, 2.75) is 84.5 Å². The Bertz CT molecular complexity index is 566. The van der Waals surface area contributed by atoms with E-state index < -0.39 is 0 Å². The molecule has 3 rings (SSSR count). The number of hydrogen-bond donors (Lipinski definition) is 2. The highest BCUT2D eigenvalue weighted by Crippen LogP contribution is 2.27. The molecule has 2 aliphatic heterocycles. The highest BCUT2D eigenvalue weighted by molar-refractivity contribution is 5.79. The molecule has 23 heavy (non-hydrogen) atoms. The van der Waals surface area contributed by atoms with Gasteiger partial charge in [-0.3, -0.25) is 9.48 Å². The van der Waals surface area contributed by atoms with Crippen molar-refractivity contribution in [3.63, 3.8) is 0 Å². The van der Waals surface area contributed by atoms with Crippen LogP contribution in [-0.4, -0.2) is 33.8 Å². The molecule has 2 bridgehead atoms. The van der Waals surface area contributed by atoms with Crippen molar-refractivity contribution in [2.24, 2.45) is 5.92 Å². The van der Waals surface area contributed by atoms with Gasteiger partial charge in [0.15, 0.2) is 0 Å². The number of carbonyl (C=O) groups excluding carboxylic acids is 1. The molecule has 0 aromatic carbocycles. The fraction of sp³-hybridized carbons (Fsp3) is 0.778. The average molecular weight is 318 g/mol. The summed E-state index contributed by atoms with van der Waals surface area (Å²) in [7, 11) is 0. The minimum Gasteiger partial charge on any atom is -0.353 e. The van der Waals surface area contributed by atoms with Crippen LogP contribution in [0.1, 0.15) is 56.5 Å². The van der Waals surface area contributed by atoms with E-state index in [1.807, 2.05) is 11.6 Å². The van der Waals surface area contributed by atoms with Crippen LogP contribution >= 0.6 is 0 Å². The van der Waals surface area contributed by atoms with Gasteiger partial charge in [0.2, 0.25) is 5.91 Å². The van der Waals surface area contributed by atoms with Crippen molar-refractivity contribution < 1.29 is 4.79 Å². The quantitative estimate of drug-likeness (QED) is 0.874. The Morgan fingerprint density at radius 2 is 1.96 bits per heavy atom. The van der Waals surface area contributed by atoms with E-state index in [0.29, 0.717) is 30.5 Å². The molecule has 0 spiro atoms. The van der Waals surface area contributed by atoms with Crippen LogP contribution in [0.4, 0.5) is 0 Å². The van der Waals surface area contributed by atoms with Gasteiger partial charge in [0, 0.05) is 35.9 Å². The molecule has 5 nitrogen and oxygen atoms in total. The van der Waals surface area contributed by atoms with Crippen LogP contribution in [0.15, 0.2) is 0 Å². The zero-order valence-corrected chi connectivity index (χ0v) is 14.9. The summed E-state index contributed by atoms with van der Waals surface area (Å²) >= 11 is 0. The molecule has 0 radical (unpaired) electrons. The van der Waals surface area contributed by atoms with Crippen molar-refractivity contribution in [2.75, 3.05) is 0 Å². The lowest BCUT2D eigenvalue weighted by Crippen LogP contribution is -2.48. The molecule has 2 atom stereocenters. The van der Waals surface area contributed by atoms with Gasteiger partial charge in [0.25, 0.3) is 0 Å². The van der Waals surface area contributed by atoms with Crippen molar-refractivity contribution in [1.82, 2.24) is 20.4 Å². The van der Waals surface area contributed by atoms with Gasteiger partial charge in [0.1, 0.15) is 0 Å². The number of fused-ring (bicyclic) bond motifs is 2. The molecule has 3 heterocycles. The second-order valence-electron chi connectivity index (χ2n) is 7.78. The maximum absolute atomic E-state index is 12.5. The van der Waals surface area contributed by atoms with E-state index >= 15 is 0 Å². The first-order valence-corrected chi connectivity index (χ1v) is 9.00. The monoisotopic (exact) mass is 318 g/mol. The number of nitrogens with one attached hydrogen (secondary N) is 2. The second kappa shape index (κ2) is 6.63. The number of amides is 1. The first-order valence-electron chi connectivity index (χ1n) is 9.00. The summed E-state index contributed by atoms with van der Waals surface area (Å²) in [5.74, 6) is 0.700. The molecule has 2 unspecified atom stereocenters. The highest BCUT2D eigenvalue weighted by Gasteiger charge is 2.34. The normalized spacial score (nSPS) is 26.7. The third kappa shape index (κ3) is 3.77. The lowest BCUT2D eigenvalue weighted by molar-refractivity contribution is -0.121. The summed E-state index contributed by atoms with van der Waals surface area (Å²) in [5, 5.41) is 11.5. The van der Waals surface area contributed by atoms with Crippen LogP contribution in [0.5, 0.6) is 0 Å². The number of aryl methyl sites for hydroxylation is 1. The molecular formula is C18H30N4O. The standard InChI is InChI=1S/C18H30N4O/c1-11(2)10-22-13(4)17(12(3)21-22)9-18(23)20-16-7-14-5-6-15(8-16)19-14/h11,14-16,19H,5-10H2,1-4H3,(H,20,23). The van der Waals surface area contributed by atoms with E-state index in [1.54, 1.807) is 0 Å². The van der Waals surface area contributed by atoms with Crippen LogP contribution in [0.2, 0.25) is 0 Å². The van der Waals surface area contributed by atoms with E-state index in [4.69, 9.17) is 0 Å². The topological polar surface area (TPSA) is 59.0 Å². The SMILES string of the molecule is Cc1nn(CC(C)C)c(C)c1CC(=O)NC1CC2CCC(C1)N2. The van der Waals surface area contributed by atoms with Crippen LogP contribution < -0.4 is 10.6 Å². The predicted molar refractivity (Wildman–Crippen MR) is 91.4 cm³/mol. The number of rotatable bonds is 5. The van der Waals surface area contributed by atoms with Crippen LogP contribution in [0.25, 0.3) is 0 Å².